The molecule has 0 radical (unpaired) electrons. The van der Waals surface area contributed by atoms with Crippen LogP contribution < -0.4 is 15.5 Å². The minimum absolute atomic E-state index is 0.288. The largest absolute Gasteiger partial charge is 0.341 e. The van der Waals surface area contributed by atoms with Gasteiger partial charge in [-0.25, -0.2) is 14.8 Å². The molecule has 0 atom stereocenters. The van der Waals surface area contributed by atoms with E-state index in [1.165, 1.54) is 12.8 Å². The smallest absolute Gasteiger partial charge is 0.323 e. The van der Waals surface area contributed by atoms with Crippen LogP contribution in [0.25, 0.3) is 0 Å². The lowest BCUT2D eigenvalue weighted by molar-refractivity contribution is 0.262. The van der Waals surface area contributed by atoms with Gasteiger partial charge in [-0.15, -0.1) is 0 Å². The van der Waals surface area contributed by atoms with Crippen LogP contribution in [0.15, 0.2) is 36.7 Å². The summed E-state index contributed by atoms with van der Waals surface area (Å²) in [5.74, 6) is 0.727. The van der Waals surface area contributed by atoms with Gasteiger partial charge in [-0.2, -0.15) is 0 Å². The van der Waals surface area contributed by atoms with E-state index in [0.29, 0.717) is 5.69 Å². The molecular weight excluding hydrogens is 290 g/mol. The first-order valence-corrected chi connectivity index (χ1v) is 7.99. The first-order chi connectivity index (χ1) is 11.3. The summed E-state index contributed by atoms with van der Waals surface area (Å²) in [5, 5.41) is 5.63. The van der Waals surface area contributed by atoms with Crippen LogP contribution in [-0.4, -0.2) is 29.1 Å². The van der Waals surface area contributed by atoms with Gasteiger partial charge in [0.05, 0.1) is 18.1 Å². The highest BCUT2D eigenvalue weighted by Crippen LogP contribution is 2.17. The molecule has 6 heteroatoms. The van der Waals surface area contributed by atoms with Crippen molar-refractivity contribution in [3.8, 4) is 0 Å². The molecule has 6 nitrogen and oxygen atoms in total. The number of carbonyl (C=O) groups excluding carboxylic acids is 1. The van der Waals surface area contributed by atoms with Crippen LogP contribution >= 0.6 is 0 Å². The minimum Gasteiger partial charge on any atom is -0.341 e. The number of amides is 2. The van der Waals surface area contributed by atoms with Gasteiger partial charge in [0.15, 0.2) is 0 Å². The number of anilines is 3. The van der Waals surface area contributed by atoms with Crippen molar-refractivity contribution in [2.45, 2.75) is 26.2 Å². The number of carbonyl (C=O) groups is 1. The maximum Gasteiger partial charge on any atom is 0.323 e. The Kier molecular flexibility index (Phi) is 4.71. The van der Waals surface area contributed by atoms with Crippen molar-refractivity contribution >= 4 is 23.4 Å². The molecule has 1 aliphatic rings. The molecule has 0 saturated carbocycles. The van der Waals surface area contributed by atoms with Gasteiger partial charge in [0, 0.05) is 18.8 Å². The van der Waals surface area contributed by atoms with E-state index in [1.54, 1.807) is 12.4 Å². The molecule has 0 bridgehead atoms. The Hall–Kier alpha value is -2.63. The molecule has 1 aromatic carbocycles. The first-order valence-electron chi connectivity index (χ1n) is 7.99. The molecule has 23 heavy (non-hydrogen) atoms. The van der Waals surface area contributed by atoms with Crippen molar-refractivity contribution in [2.24, 2.45) is 0 Å². The fourth-order valence-electron chi connectivity index (χ4n) is 2.70. The third-order valence-electron chi connectivity index (χ3n) is 3.93. The summed E-state index contributed by atoms with van der Waals surface area (Å²) < 4.78 is 0. The summed E-state index contributed by atoms with van der Waals surface area (Å²) in [6.45, 7) is 4.06. The van der Waals surface area contributed by atoms with Crippen molar-refractivity contribution in [3.63, 3.8) is 0 Å². The number of hydrogen-bond donors (Lipinski definition) is 2. The van der Waals surface area contributed by atoms with Crippen LogP contribution in [0.2, 0.25) is 0 Å². The lowest BCUT2D eigenvalue weighted by Gasteiger charge is -2.15. The fraction of sp³-hybridized carbons (Fsp3) is 0.353. The Morgan fingerprint density at radius 2 is 1.83 bits per heavy atom. The van der Waals surface area contributed by atoms with Gasteiger partial charge in [-0.1, -0.05) is 25.1 Å². The maximum atomic E-state index is 12.1. The summed E-state index contributed by atoms with van der Waals surface area (Å²) in [5.41, 5.74) is 2.50. The molecule has 0 spiro atoms. The van der Waals surface area contributed by atoms with E-state index in [4.69, 9.17) is 0 Å². The van der Waals surface area contributed by atoms with E-state index in [-0.39, 0.29) is 6.03 Å². The van der Waals surface area contributed by atoms with Crippen molar-refractivity contribution in [3.05, 3.63) is 42.2 Å². The summed E-state index contributed by atoms with van der Waals surface area (Å²) in [6.07, 6.45) is 6.52. The lowest BCUT2D eigenvalue weighted by Crippen LogP contribution is -2.22. The first kappa shape index (κ1) is 15.3. The Bertz CT molecular complexity index is 665. The van der Waals surface area contributed by atoms with Gasteiger partial charge in [-0.3, -0.25) is 0 Å². The average Bonchev–Trinajstić information content (AvgIpc) is 3.10. The van der Waals surface area contributed by atoms with Gasteiger partial charge in [-0.05, 0) is 30.9 Å². The zero-order valence-electron chi connectivity index (χ0n) is 13.2. The molecular formula is C17H21N5O. The number of nitrogens with one attached hydrogen (secondary N) is 2. The number of hydrogen-bond acceptors (Lipinski definition) is 4. The number of urea groups is 1. The monoisotopic (exact) mass is 311 g/mol. The van der Waals surface area contributed by atoms with Crippen molar-refractivity contribution in [2.75, 3.05) is 28.6 Å². The van der Waals surface area contributed by atoms with E-state index in [1.807, 2.05) is 24.3 Å². The summed E-state index contributed by atoms with van der Waals surface area (Å²) in [6, 6.07) is 7.48. The molecule has 2 amide bonds. The lowest BCUT2D eigenvalue weighted by atomic mass is 10.1. The molecule has 2 aromatic rings. The quantitative estimate of drug-likeness (QED) is 0.909. The molecule has 0 aliphatic carbocycles. The third kappa shape index (κ3) is 3.77. The second-order valence-electron chi connectivity index (χ2n) is 5.56. The zero-order chi connectivity index (χ0) is 16.1. The molecule has 1 aliphatic heterocycles. The topological polar surface area (TPSA) is 70.2 Å². The average molecular weight is 311 g/mol. The second-order valence-corrected chi connectivity index (χ2v) is 5.56. The zero-order valence-corrected chi connectivity index (χ0v) is 13.2. The van der Waals surface area contributed by atoms with Crippen LogP contribution in [-0.2, 0) is 6.42 Å². The normalized spacial score (nSPS) is 13.9. The van der Waals surface area contributed by atoms with Crippen molar-refractivity contribution in [1.82, 2.24) is 9.97 Å². The van der Waals surface area contributed by atoms with Gasteiger partial charge in [0.2, 0.25) is 5.95 Å². The highest BCUT2D eigenvalue weighted by atomic mass is 16.2. The molecule has 3 rings (SSSR count). The number of rotatable bonds is 4. The molecule has 1 fully saturated rings. The van der Waals surface area contributed by atoms with Crippen LogP contribution in [0.5, 0.6) is 0 Å². The minimum atomic E-state index is -0.288. The Balaban J connectivity index is 1.61. The number of nitrogens with zero attached hydrogens (tertiary/aromatic N) is 3. The Labute approximate surface area is 135 Å². The van der Waals surface area contributed by atoms with E-state index in [9.17, 15) is 4.79 Å². The summed E-state index contributed by atoms with van der Waals surface area (Å²) in [7, 11) is 0. The number of aromatic nitrogens is 2. The molecule has 2 heterocycles. The molecule has 120 valence electrons. The van der Waals surface area contributed by atoms with E-state index in [0.717, 1.165) is 36.7 Å². The SMILES string of the molecule is CCc1ccccc1NC(=O)Nc1cnc(N2CCCC2)nc1. The van der Waals surface area contributed by atoms with Crippen molar-refractivity contribution in [1.29, 1.82) is 0 Å². The fourth-order valence-corrected chi connectivity index (χ4v) is 2.70. The number of benzene rings is 1. The molecule has 0 unspecified atom stereocenters. The van der Waals surface area contributed by atoms with Crippen LogP contribution in [0.1, 0.15) is 25.3 Å². The number of aryl methyl sites for hydroxylation is 1. The summed E-state index contributed by atoms with van der Waals surface area (Å²) >= 11 is 0. The van der Waals surface area contributed by atoms with E-state index in [2.05, 4.69) is 32.4 Å². The van der Waals surface area contributed by atoms with E-state index < -0.39 is 0 Å². The summed E-state index contributed by atoms with van der Waals surface area (Å²) in [4.78, 5) is 22.9. The molecule has 2 N–H and O–H groups in total. The van der Waals surface area contributed by atoms with Crippen LogP contribution in [0.3, 0.4) is 0 Å². The Morgan fingerprint density at radius 3 is 2.52 bits per heavy atom. The van der Waals surface area contributed by atoms with Gasteiger partial charge < -0.3 is 15.5 Å². The van der Waals surface area contributed by atoms with Crippen LogP contribution in [0.4, 0.5) is 22.1 Å². The Morgan fingerprint density at radius 1 is 1.13 bits per heavy atom. The van der Waals surface area contributed by atoms with Crippen molar-refractivity contribution < 1.29 is 4.79 Å². The maximum absolute atomic E-state index is 12.1. The highest BCUT2D eigenvalue weighted by molar-refractivity contribution is 6.00. The van der Waals surface area contributed by atoms with Gasteiger partial charge in [0.1, 0.15) is 0 Å². The highest BCUT2D eigenvalue weighted by Gasteiger charge is 2.14. The molecule has 1 aromatic heterocycles. The predicted molar refractivity (Wildman–Crippen MR) is 91.9 cm³/mol. The standard InChI is InChI=1S/C17H21N5O/c1-2-13-7-3-4-8-15(13)21-17(23)20-14-11-18-16(19-12-14)22-9-5-6-10-22/h3-4,7-8,11-12H,2,5-6,9-10H2,1H3,(H2,20,21,23). The number of para-hydroxylation sites is 1. The van der Waals surface area contributed by atoms with Crippen LogP contribution in [0, 0.1) is 0 Å². The van der Waals surface area contributed by atoms with E-state index >= 15 is 0 Å². The third-order valence-corrected chi connectivity index (χ3v) is 3.93. The predicted octanol–water partition coefficient (Wildman–Crippen LogP) is 3.28. The second kappa shape index (κ2) is 7.09. The van der Waals surface area contributed by atoms with Gasteiger partial charge in [0.25, 0.3) is 0 Å². The van der Waals surface area contributed by atoms with Gasteiger partial charge >= 0.3 is 6.03 Å². The molecule has 1 saturated heterocycles.